The second-order valence-electron chi connectivity index (χ2n) is 4.86. The summed E-state index contributed by atoms with van der Waals surface area (Å²) in [7, 11) is 1.79. The Kier molecular flexibility index (Phi) is 3.36. The molecule has 1 fully saturated rings. The number of nitrogens with zero attached hydrogens (tertiary/aromatic N) is 4. The predicted octanol–water partition coefficient (Wildman–Crippen LogP) is 1.12. The molecular weight excluding hydrogens is 260 g/mol. The minimum Gasteiger partial charge on any atom is -0.329 e. The number of aryl methyl sites for hydroxylation is 1. The quantitative estimate of drug-likeness (QED) is 0.849. The molecule has 0 aliphatic heterocycles. The van der Waals surface area contributed by atoms with Crippen LogP contribution in [0.15, 0.2) is 16.8 Å². The van der Waals surface area contributed by atoms with E-state index in [0.29, 0.717) is 11.7 Å². The molecule has 1 aliphatic rings. The number of rotatable bonds is 5. The van der Waals surface area contributed by atoms with Gasteiger partial charge in [0.25, 0.3) is 0 Å². The first-order valence-electron chi connectivity index (χ1n) is 6.57. The highest BCUT2D eigenvalue weighted by atomic mass is 16.5. The van der Waals surface area contributed by atoms with E-state index in [0.717, 1.165) is 18.7 Å². The van der Waals surface area contributed by atoms with Gasteiger partial charge in [-0.3, -0.25) is 9.48 Å². The molecule has 8 nitrogen and oxygen atoms in total. The molecule has 0 atom stereocenters. The largest absolute Gasteiger partial charge is 0.329 e. The molecule has 0 unspecified atom stereocenters. The molecule has 3 rings (SSSR count). The van der Waals surface area contributed by atoms with E-state index in [-0.39, 0.29) is 18.5 Å². The first-order valence-corrected chi connectivity index (χ1v) is 6.57. The summed E-state index contributed by atoms with van der Waals surface area (Å²) in [6.45, 7) is 0.0584. The van der Waals surface area contributed by atoms with Crippen LogP contribution in [0.1, 0.15) is 31.0 Å². The lowest BCUT2D eigenvalue weighted by Crippen LogP contribution is -2.22. The number of hydrogen-bond donors (Lipinski definition) is 2. The normalized spacial score (nSPS) is 14.8. The Bertz CT molecular complexity index is 601. The lowest BCUT2D eigenvalue weighted by Gasteiger charge is -2.20. The zero-order chi connectivity index (χ0) is 13.9. The van der Waals surface area contributed by atoms with Gasteiger partial charge in [-0.2, -0.15) is 10.1 Å². The van der Waals surface area contributed by atoms with Crippen molar-refractivity contribution >= 4 is 17.7 Å². The summed E-state index contributed by atoms with van der Waals surface area (Å²) in [5.41, 5.74) is 0. The van der Waals surface area contributed by atoms with Crippen LogP contribution in [0.25, 0.3) is 0 Å². The number of anilines is 2. The lowest BCUT2D eigenvalue weighted by atomic mass is 9.85. The fourth-order valence-electron chi connectivity index (χ4n) is 1.96. The van der Waals surface area contributed by atoms with Gasteiger partial charge in [-0.1, -0.05) is 11.6 Å². The molecule has 0 spiro atoms. The third kappa shape index (κ3) is 2.79. The van der Waals surface area contributed by atoms with Gasteiger partial charge in [0, 0.05) is 25.2 Å². The summed E-state index contributed by atoms with van der Waals surface area (Å²) in [6, 6.07) is 2.00. The van der Waals surface area contributed by atoms with Gasteiger partial charge < -0.3 is 15.2 Å². The maximum absolute atomic E-state index is 11.7. The van der Waals surface area contributed by atoms with Crippen LogP contribution < -0.4 is 10.6 Å². The molecule has 20 heavy (non-hydrogen) atoms. The lowest BCUT2D eigenvalue weighted by molar-refractivity contribution is -0.114. The molecular formula is C12H16N6O2. The first-order chi connectivity index (χ1) is 9.70. The van der Waals surface area contributed by atoms with Crippen molar-refractivity contribution in [2.75, 3.05) is 17.2 Å². The van der Waals surface area contributed by atoms with Crippen LogP contribution in [0, 0.1) is 0 Å². The maximum Gasteiger partial charge on any atom is 0.321 e. The zero-order valence-corrected chi connectivity index (χ0v) is 11.2. The van der Waals surface area contributed by atoms with Gasteiger partial charge in [0.2, 0.25) is 5.91 Å². The summed E-state index contributed by atoms with van der Waals surface area (Å²) in [4.78, 5) is 15.9. The van der Waals surface area contributed by atoms with Gasteiger partial charge in [-0.15, -0.1) is 0 Å². The van der Waals surface area contributed by atoms with Gasteiger partial charge in [0.1, 0.15) is 0 Å². The van der Waals surface area contributed by atoms with Crippen molar-refractivity contribution < 1.29 is 9.32 Å². The minimum atomic E-state index is -0.216. The van der Waals surface area contributed by atoms with Gasteiger partial charge >= 0.3 is 6.01 Å². The maximum atomic E-state index is 11.7. The highest BCUT2D eigenvalue weighted by Gasteiger charge is 2.24. The van der Waals surface area contributed by atoms with Crippen LogP contribution >= 0.6 is 0 Å². The summed E-state index contributed by atoms with van der Waals surface area (Å²) >= 11 is 0. The zero-order valence-electron chi connectivity index (χ0n) is 11.2. The van der Waals surface area contributed by atoms with E-state index >= 15 is 0 Å². The third-order valence-electron chi connectivity index (χ3n) is 3.29. The number of aromatic nitrogens is 4. The molecule has 1 amide bonds. The van der Waals surface area contributed by atoms with E-state index in [1.54, 1.807) is 24.0 Å². The second-order valence-corrected chi connectivity index (χ2v) is 4.86. The van der Waals surface area contributed by atoms with E-state index in [9.17, 15) is 4.79 Å². The molecule has 0 radical (unpaired) electrons. The molecule has 2 aromatic rings. The van der Waals surface area contributed by atoms with Crippen LogP contribution in [-0.4, -0.2) is 32.4 Å². The van der Waals surface area contributed by atoms with E-state index < -0.39 is 0 Å². The SMILES string of the molecule is Cn1ccc(NC(=O)CNc2nc(C3CCC3)no2)n1. The highest BCUT2D eigenvalue weighted by Crippen LogP contribution is 2.34. The van der Waals surface area contributed by atoms with Crippen molar-refractivity contribution in [3.63, 3.8) is 0 Å². The monoisotopic (exact) mass is 276 g/mol. The molecule has 2 heterocycles. The van der Waals surface area contributed by atoms with E-state index in [1.165, 1.54) is 6.42 Å². The number of carbonyl (C=O) groups excluding carboxylic acids is 1. The molecule has 1 saturated carbocycles. The van der Waals surface area contributed by atoms with Gasteiger partial charge in [0.15, 0.2) is 11.6 Å². The van der Waals surface area contributed by atoms with Crippen molar-refractivity contribution in [2.24, 2.45) is 7.05 Å². The van der Waals surface area contributed by atoms with E-state index in [1.807, 2.05) is 0 Å². The highest BCUT2D eigenvalue weighted by molar-refractivity contribution is 5.92. The number of nitrogens with one attached hydrogen (secondary N) is 2. The van der Waals surface area contributed by atoms with Crippen molar-refractivity contribution in [3.8, 4) is 0 Å². The smallest absolute Gasteiger partial charge is 0.321 e. The topological polar surface area (TPSA) is 97.9 Å². The molecule has 8 heteroatoms. The van der Waals surface area contributed by atoms with Crippen LogP contribution in [0.3, 0.4) is 0 Å². The van der Waals surface area contributed by atoms with E-state index in [4.69, 9.17) is 4.52 Å². The Hall–Kier alpha value is -2.38. The number of carbonyl (C=O) groups is 1. The average molecular weight is 276 g/mol. The Morgan fingerprint density at radius 1 is 1.55 bits per heavy atom. The van der Waals surface area contributed by atoms with Crippen LogP contribution in [0.2, 0.25) is 0 Å². The standard InChI is InChI=1S/C12H16N6O2/c1-18-6-5-9(16-18)14-10(19)7-13-12-15-11(17-20-12)8-3-2-4-8/h5-6,8H,2-4,7H2,1H3,(H,13,15,17)(H,14,16,19). The molecule has 2 N–H and O–H groups in total. The molecule has 106 valence electrons. The molecule has 0 aromatic carbocycles. The van der Waals surface area contributed by atoms with Crippen LogP contribution in [0.4, 0.5) is 11.8 Å². The van der Waals surface area contributed by atoms with Crippen molar-refractivity contribution in [1.29, 1.82) is 0 Å². The summed E-state index contributed by atoms with van der Waals surface area (Å²) in [5, 5.41) is 13.4. The Morgan fingerprint density at radius 3 is 3.05 bits per heavy atom. The second kappa shape index (κ2) is 5.32. The fourth-order valence-corrected chi connectivity index (χ4v) is 1.96. The summed E-state index contributed by atoms with van der Waals surface area (Å²) in [5.74, 6) is 1.44. The average Bonchev–Trinajstić information content (AvgIpc) is 2.94. The Balaban J connectivity index is 1.48. The fraction of sp³-hybridized carbons (Fsp3) is 0.500. The van der Waals surface area contributed by atoms with Crippen LogP contribution in [0.5, 0.6) is 0 Å². The molecule has 0 bridgehead atoms. The van der Waals surface area contributed by atoms with Crippen molar-refractivity contribution in [1.82, 2.24) is 19.9 Å². The van der Waals surface area contributed by atoms with Crippen LogP contribution in [-0.2, 0) is 11.8 Å². The summed E-state index contributed by atoms with van der Waals surface area (Å²) < 4.78 is 6.67. The summed E-state index contributed by atoms with van der Waals surface area (Å²) in [6.07, 6.45) is 5.19. The number of amides is 1. The third-order valence-corrected chi connectivity index (χ3v) is 3.29. The first kappa shape index (κ1) is 12.6. The molecule has 2 aromatic heterocycles. The Morgan fingerprint density at radius 2 is 2.40 bits per heavy atom. The molecule has 1 aliphatic carbocycles. The Labute approximate surface area is 115 Å². The minimum absolute atomic E-state index is 0.0584. The predicted molar refractivity (Wildman–Crippen MR) is 71.2 cm³/mol. The van der Waals surface area contributed by atoms with Gasteiger partial charge in [0.05, 0.1) is 6.54 Å². The van der Waals surface area contributed by atoms with Crippen molar-refractivity contribution in [3.05, 3.63) is 18.1 Å². The van der Waals surface area contributed by atoms with Gasteiger partial charge in [-0.25, -0.2) is 0 Å². The molecule has 0 saturated heterocycles. The van der Waals surface area contributed by atoms with E-state index in [2.05, 4.69) is 25.9 Å². The van der Waals surface area contributed by atoms with Crippen molar-refractivity contribution in [2.45, 2.75) is 25.2 Å². The van der Waals surface area contributed by atoms with Gasteiger partial charge in [-0.05, 0) is 12.8 Å². The number of hydrogen-bond acceptors (Lipinski definition) is 6.